The van der Waals surface area contributed by atoms with E-state index in [-0.39, 0.29) is 30.6 Å². The summed E-state index contributed by atoms with van der Waals surface area (Å²) < 4.78 is 21.5. The number of thiocyanates is 2. The normalized spacial score (nSPS) is 9.77. The van der Waals surface area contributed by atoms with Crippen molar-refractivity contribution in [2.45, 2.75) is 10.1 Å². The van der Waals surface area contributed by atoms with Crippen LogP contribution in [0.3, 0.4) is 0 Å². The molecule has 0 atom stereocenters. The van der Waals surface area contributed by atoms with Gasteiger partial charge in [0.2, 0.25) is 0 Å². The average Bonchev–Trinajstić information content (AvgIpc) is 3.28. The number of methoxy groups -OCH3 is 4. The minimum absolute atomic E-state index is 0. The van der Waals surface area contributed by atoms with Gasteiger partial charge in [-0.2, -0.15) is 0 Å². The fourth-order valence-corrected chi connectivity index (χ4v) is 5.80. The summed E-state index contributed by atoms with van der Waals surface area (Å²) in [7, 11) is 6.58. The van der Waals surface area contributed by atoms with Gasteiger partial charge in [0.25, 0.3) is 0 Å². The van der Waals surface area contributed by atoms with E-state index in [9.17, 15) is 9.59 Å². The van der Waals surface area contributed by atoms with E-state index in [0.29, 0.717) is 11.4 Å². The maximum absolute atomic E-state index is 10.8. The van der Waals surface area contributed by atoms with Crippen LogP contribution in [-0.4, -0.2) is 70.5 Å². The second kappa shape index (κ2) is 27.7. The number of benzene rings is 2. The third-order valence-electron chi connectivity index (χ3n) is 7.80. The molecule has 0 unspecified atom stereocenters. The van der Waals surface area contributed by atoms with Crippen molar-refractivity contribution >= 4 is 73.3 Å². The molecule has 0 aliphatic rings. The predicted octanol–water partition coefficient (Wildman–Crippen LogP) is 8.57. The van der Waals surface area contributed by atoms with Gasteiger partial charge in [-0.3, -0.25) is 9.97 Å². The Morgan fingerprint density at radius 2 is 0.935 bits per heavy atom. The number of aromatic nitrogens is 4. The summed E-state index contributed by atoms with van der Waals surface area (Å²) in [5.41, 5.74) is 4.75. The van der Waals surface area contributed by atoms with E-state index in [1.807, 2.05) is 85.0 Å². The van der Waals surface area contributed by atoms with E-state index < -0.39 is 11.9 Å². The minimum atomic E-state index is -1.08. The summed E-state index contributed by atoms with van der Waals surface area (Å²) in [5.74, 6) is 0.857. The van der Waals surface area contributed by atoms with Crippen LogP contribution in [-0.2, 0) is 44.7 Å². The monoisotopic (exact) mass is 974 g/mol. The van der Waals surface area contributed by atoms with Gasteiger partial charge >= 0.3 is 31.4 Å². The first-order chi connectivity index (χ1) is 29.5. The SMILES string of the molecule is COc1ccc(C=Cc2ccnc(Sc3cc(/C=C/c4ccc(OC)cc4OC)ccn3)c2)c(OC)c1.N#C[S-].N#C[S-].O=C(O)c1ccnc(-c2cc(C(=O)O)ccn2)c1.[Ru+2]. The molecule has 0 radical (unpaired) electrons. The first-order valence-electron chi connectivity index (χ1n) is 17.3. The Kier molecular flexibility index (Phi) is 22.9. The van der Waals surface area contributed by atoms with Crippen LogP contribution in [0.1, 0.15) is 43.0 Å². The molecule has 18 heteroatoms. The quantitative estimate of drug-likeness (QED) is 0.0630. The molecule has 2 N–H and O–H groups in total. The van der Waals surface area contributed by atoms with Crippen molar-refractivity contribution in [3.8, 4) is 45.2 Å². The van der Waals surface area contributed by atoms with Crippen LogP contribution >= 0.6 is 11.8 Å². The molecule has 0 saturated heterocycles. The van der Waals surface area contributed by atoms with Crippen molar-refractivity contribution < 1.29 is 58.2 Å². The van der Waals surface area contributed by atoms with E-state index in [2.05, 4.69) is 45.2 Å². The Morgan fingerprint density at radius 1 is 0.565 bits per heavy atom. The summed E-state index contributed by atoms with van der Waals surface area (Å²) in [6, 6.07) is 24.9. The Morgan fingerprint density at radius 3 is 1.27 bits per heavy atom. The molecule has 316 valence electrons. The van der Waals surface area contributed by atoms with Gasteiger partial charge in [0, 0.05) is 48.0 Å². The average molecular weight is 974 g/mol. The molecule has 62 heavy (non-hydrogen) atoms. The molecule has 2 aromatic carbocycles. The van der Waals surface area contributed by atoms with Gasteiger partial charge in [0.1, 0.15) is 33.0 Å². The van der Waals surface area contributed by atoms with Crippen molar-refractivity contribution in [1.82, 2.24) is 19.9 Å². The first kappa shape index (κ1) is 51.2. The number of aromatic carboxylic acids is 2. The molecule has 14 nitrogen and oxygen atoms in total. The summed E-state index contributed by atoms with van der Waals surface area (Å²) in [5, 5.41) is 36.4. The second-order valence-electron chi connectivity index (χ2n) is 11.5. The zero-order valence-electron chi connectivity index (χ0n) is 33.3. The van der Waals surface area contributed by atoms with Gasteiger partial charge in [0.05, 0.1) is 51.0 Å². The molecule has 4 aromatic heterocycles. The number of pyridine rings is 4. The fourth-order valence-electron chi connectivity index (χ4n) is 4.97. The largest absolute Gasteiger partial charge is 2.00 e. The number of hydrogen-bond donors (Lipinski definition) is 2. The Labute approximate surface area is 386 Å². The van der Waals surface area contributed by atoms with Crippen molar-refractivity contribution in [3.05, 3.63) is 143 Å². The van der Waals surface area contributed by atoms with Crippen LogP contribution in [0.5, 0.6) is 23.0 Å². The molecule has 6 aromatic rings. The molecular weight excluding hydrogens is 938 g/mol. The molecule has 0 amide bonds. The third kappa shape index (κ3) is 16.6. The first-order valence-corrected chi connectivity index (χ1v) is 19.0. The Bertz CT molecular complexity index is 2390. The molecule has 0 fully saturated rings. The fraction of sp³-hybridized carbons (Fsp3) is 0.0909. The zero-order valence-corrected chi connectivity index (χ0v) is 37.5. The predicted molar refractivity (Wildman–Crippen MR) is 237 cm³/mol. The van der Waals surface area contributed by atoms with Gasteiger partial charge in [-0.1, -0.05) is 46.9 Å². The van der Waals surface area contributed by atoms with Gasteiger partial charge < -0.3 is 54.4 Å². The maximum Gasteiger partial charge on any atom is 2.00 e. The summed E-state index contributed by atoms with van der Waals surface area (Å²) in [6.45, 7) is 0. The molecule has 4 heterocycles. The van der Waals surface area contributed by atoms with Crippen molar-refractivity contribution in [1.29, 1.82) is 10.5 Å². The van der Waals surface area contributed by atoms with Gasteiger partial charge in [-0.15, -0.1) is 0 Å². The van der Waals surface area contributed by atoms with E-state index in [0.717, 1.165) is 55.3 Å². The molecule has 6 rings (SSSR count). The van der Waals surface area contributed by atoms with E-state index in [1.165, 1.54) is 59.2 Å². The standard InChI is InChI=1S/C30H28N2O4S.C12H8N2O4.2CHNS.Ru/c1-33-25-11-9-23(27(19-25)35-3)7-5-21-13-15-31-29(17-21)37-30-18-22(14-16-32-30)6-8-24-10-12-26(34-2)20-28(24)36-4;15-11(16)7-1-3-13-9(5-7)10-6-8(12(17)18)2-4-14-10;2*2-1-3;/h5-20H,1-4H3;1-6H,(H,15,16)(H,17,18);2*3H;/q;;;;+2/p-2/b7-5+,8-6?;;;;. The molecule has 0 aliphatic carbocycles. The number of hydrogen-bond acceptors (Lipinski definition) is 15. The topological polar surface area (TPSA) is 211 Å². The maximum atomic E-state index is 10.8. The summed E-state index contributed by atoms with van der Waals surface area (Å²) >= 11 is 8.91. The molecule has 0 bridgehead atoms. The van der Waals surface area contributed by atoms with E-state index in [1.54, 1.807) is 40.8 Å². The third-order valence-corrected chi connectivity index (χ3v) is 8.66. The van der Waals surface area contributed by atoms with Crippen LogP contribution in [0, 0.1) is 21.3 Å². The second-order valence-corrected chi connectivity index (χ2v) is 12.9. The number of nitrogens with zero attached hydrogens (tertiary/aromatic N) is 6. The van der Waals surface area contributed by atoms with Crippen LogP contribution in [0.4, 0.5) is 0 Å². The van der Waals surface area contributed by atoms with Gasteiger partial charge in [-0.25, -0.2) is 30.1 Å². The smallest absolute Gasteiger partial charge is 0.696 e. The van der Waals surface area contributed by atoms with E-state index in [4.69, 9.17) is 39.7 Å². The van der Waals surface area contributed by atoms with Crippen LogP contribution < -0.4 is 18.9 Å². The number of carbonyl (C=O) groups is 2. The number of rotatable bonds is 13. The van der Waals surface area contributed by atoms with Gasteiger partial charge in [-0.05, 0) is 83.9 Å². The molecule has 0 spiro atoms. The van der Waals surface area contributed by atoms with Gasteiger partial charge in [0.15, 0.2) is 0 Å². The number of carboxylic acid groups (broad SMARTS) is 2. The Balaban J connectivity index is 0.000000441. The van der Waals surface area contributed by atoms with Crippen molar-refractivity contribution in [3.63, 3.8) is 0 Å². The van der Waals surface area contributed by atoms with E-state index >= 15 is 0 Å². The zero-order chi connectivity index (χ0) is 44.6. The Hall–Kier alpha value is -6.95. The van der Waals surface area contributed by atoms with Crippen LogP contribution in [0.15, 0.2) is 120 Å². The van der Waals surface area contributed by atoms with Crippen molar-refractivity contribution in [2.24, 2.45) is 0 Å². The number of carboxylic acids is 2. The van der Waals surface area contributed by atoms with Crippen molar-refractivity contribution in [2.75, 3.05) is 28.4 Å². The number of nitriles is 2. The number of ether oxygens (including phenoxy) is 4. The molecule has 0 saturated carbocycles. The summed E-state index contributed by atoms with van der Waals surface area (Å²) in [4.78, 5) is 38.6. The van der Waals surface area contributed by atoms with Crippen LogP contribution in [0.2, 0.25) is 0 Å². The molecule has 0 aliphatic heterocycles. The summed E-state index contributed by atoms with van der Waals surface area (Å²) in [6.07, 6.45) is 14.4. The van der Waals surface area contributed by atoms with Crippen LogP contribution in [0.25, 0.3) is 35.7 Å². The molecular formula is C44H36N6O8RuS3. The minimum Gasteiger partial charge on any atom is -0.696 e.